The minimum atomic E-state index is -0.116. The molecule has 0 radical (unpaired) electrons. The summed E-state index contributed by atoms with van der Waals surface area (Å²) in [6.07, 6.45) is 5.02. The van der Waals surface area contributed by atoms with Crippen LogP contribution >= 0.6 is 0 Å². The van der Waals surface area contributed by atoms with Gasteiger partial charge in [0.15, 0.2) is 0 Å². The first-order valence-electron chi connectivity index (χ1n) is 9.27. The summed E-state index contributed by atoms with van der Waals surface area (Å²) in [4.78, 5) is 14.0. The van der Waals surface area contributed by atoms with Crippen molar-refractivity contribution in [1.29, 1.82) is 0 Å². The van der Waals surface area contributed by atoms with Crippen LogP contribution in [0.3, 0.4) is 0 Å². The van der Waals surface area contributed by atoms with Crippen molar-refractivity contribution < 1.29 is 9.53 Å². The molecule has 6 heteroatoms. The fourth-order valence-electron chi connectivity index (χ4n) is 2.78. The monoisotopic (exact) mass is 356 g/mol. The number of rotatable bonds is 8. The van der Waals surface area contributed by atoms with Gasteiger partial charge >= 0.3 is 6.03 Å². The SMILES string of the molecule is Cc1ccc(C)c(OCCCN(C)C(=O)Nc2ccnn2CC2CC2)c1. The molecule has 6 nitrogen and oxygen atoms in total. The highest BCUT2D eigenvalue weighted by atomic mass is 16.5. The molecule has 26 heavy (non-hydrogen) atoms. The topological polar surface area (TPSA) is 59.4 Å². The molecule has 2 amide bonds. The Bertz CT molecular complexity index is 752. The Morgan fingerprint density at radius 2 is 2.15 bits per heavy atom. The summed E-state index contributed by atoms with van der Waals surface area (Å²) in [5.74, 6) is 2.40. The van der Waals surface area contributed by atoms with Crippen LogP contribution in [0.4, 0.5) is 10.6 Å². The van der Waals surface area contributed by atoms with Crippen LogP contribution in [-0.4, -0.2) is 40.9 Å². The fourth-order valence-corrected chi connectivity index (χ4v) is 2.78. The van der Waals surface area contributed by atoms with E-state index in [9.17, 15) is 4.79 Å². The number of amides is 2. The molecule has 1 N–H and O–H groups in total. The number of aryl methyl sites for hydroxylation is 2. The molecule has 1 heterocycles. The molecular weight excluding hydrogens is 328 g/mol. The Balaban J connectivity index is 1.41. The lowest BCUT2D eigenvalue weighted by Gasteiger charge is -2.19. The van der Waals surface area contributed by atoms with Gasteiger partial charge in [-0.05, 0) is 56.2 Å². The van der Waals surface area contributed by atoms with Gasteiger partial charge in [-0.25, -0.2) is 9.48 Å². The van der Waals surface area contributed by atoms with E-state index in [2.05, 4.69) is 29.5 Å². The summed E-state index contributed by atoms with van der Waals surface area (Å²) in [7, 11) is 1.80. The summed E-state index contributed by atoms with van der Waals surface area (Å²) in [6.45, 7) is 6.20. The van der Waals surface area contributed by atoms with Gasteiger partial charge in [0.2, 0.25) is 0 Å². The second kappa shape index (κ2) is 8.25. The maximum atomic E-state index is 12.4. The van der Waals surface area contributed by atoms with E-state index in [-0.39, 0.29) is 6.03 Å². The van der Waals surface area contributed by atoms with Gasteiger partial charge in [0, 0.05) is 26.2 Å². The van der Waals surface area contributed by atoms with Crippen molar-refractivity contribution in [3.05, 3.63) is 41.6 Å². The predicted octanol–water partition coefficient (Wildman–Crippen LogP) is 3.84. The van der Waals surface area contributed by atoms with Crippen LogP contribution in [0.2, 0.25) is 0 Å². The number of nitrogens with one attached hydrogen (secondary N) is 1. The number of nitrogens with zero attached hydrogens (tertiary/aromatic N) is 3. The smallest absolute Gasteiger partial charge is 0.322 e. The van der Waals surface area contributed by atoms with E-state index < -0.39 is 0 Å². The quantitative estimate of drug-likeness (QED) is 0.731. The van der Waals surface area contributed by atoms with Gasteiger partial charge in [0.1, 0.15) is 11.6 Å². The molecule has 0 bridgehead atoms. The molecule has 1 aliphatic rings. The van der Waals surface area contributed by atoms with Gasteiger partial charge in [-0.15, -0.1) is 0 Å². The molecule has 140 valence electrons. The molecular formula is C20H28N4O2. The summed E-state index contributed by atoms with van der Waals surface area (Å²) >= 11 is 0. The molecule has 1 aliphatic carbocycles. The first kappa shape index (κ1) is 18.3. The molecule has 0 aliphatic heterocycles. The Labute approximate surface area is 155 Å². The molecule has 0 unspecified atom stereocenters. The number of hydrogen-bond acceptors (Lipinski definition) is 3. The predicted molar refractivity (Wildman–Crippen MR) is 103 cm³/mol. The zero-order valence-corrected chi connectivity index (χ0v) is 15.9. The molecule has 1 aromatic carbocycles. The number of aromatic nitrogens is 2. The number of anilines is 1. The molecule has 2 aromatic rings. The van der Waals surface area contributed by atoms with Crippen LogP contribution in [0.15, 0.2) is 30.5 Å². The van der Waals surface area contributed by atoms with Crippen molar-refractivity contribution in [1.82, 2.24) is 14.7 Å². The first-order valence-corrected chi connectivity index (χ1v) is 9.27. The van der Waals surface area contributed by atoms with Crippen LogP contribution in [0.1, 0.15) is 30.4 Å². The van der Waals surface area contributed by atoms with E-state index in [1.54, 1.807) is 18.1 Å². The van der Waals surface area contributed by atoms with Crippen LogP contribution in [0, 0.1) is 19.8 Å². The second-order valence-corrected chi connectivity index (χ2v) is 7.16. The average Bonchev–Trinajstić information content (AvgIpc) is 3.33. The Kier molecular flexibility index (Phi) is 5.81. The number of ether oxygens (including phenoxy) is 1. The minimum absolute atomic E-state index is 0.116. The van der Waals surface area contributed by atoms with Gasteiger partial charge in [-0.1, -0.05) is 12.1 Å². The van der Waals surface area contributed by atoms with Crippen LogP contribution in [0.5, 0.6) is 5.75 Å². The highest BCUT2D eigenvalue weighted by Gasteiger charge is 2.23. The maximum Gasteiger partial charge on any atom is 0.322 e. The van der Waals surface area contributed by atoms with Crippen LogP contribution in [-0.2, 0) is 6.54 Å². The summed E-state index contributed by atoms with van der Waals surface area (Å²) < 4.78 is 7.73. The van der Waals surface area contributed by atoms with Gasteiger partial charge < -0.3 is 9.64 Å². The largest absolute Gasteiger partial charge is 0.493 e. The van der Waals surface area contributed by atoms with Crippen LogP contribution in [0.25, 0.3) is 0 Å². The lowest BCUT2D eigenvalue weighted by atomic mass is 10.1. The third kappa shape index (κ3) is 5.00. The summed E-state index contributed by atoms with van der Waals surface area (Å²) in [5, 5.41) is 7.24. The van der Waals surface area contributed by atoms with E-state index in [0.29, 0.717) is 19.1 Å². The van der Waals surface area contributed by atoms with Gasteiger partial charge in [0.25, 0.3) is 0 Å². The van der Waals surface area contributed by atoms with E-state index in [1.807, 2.05) is 23.7 Å². The number of carbonyl (C=O) groups is 1. The molecule has 1 saturated carbocycles. The van der Waals surface area contributed by atoms with Crippen molar-refractivity contribution in [2.45, 2.75) is 39.7 Å². The third-order valence-electron chi connectivity index (χ3n) is 4.67. The highest BCUT2D eigenvalue weighted by Crippen LogP contribution is 2.31. The summed E-state index contributed by atoms with van der Waals surface area (Å²) in [5.41, 5.74) is 2.32. The Hall–Kier alpha value is -2.50. The number of benzene rings is 1. The molecule has 0 saturated heterocycles. The fraction of sp³-hybridized carbons (Fsp3) is 0.500. The van der Waals surface area contributed by atoms with Crippen molar-refractivity contribution in [3.8, 4) is 5.75 Å². The van der Waals surface area contributed by atoms with E-state index >= 15 is 0 Å². The van der Waals surface area contributed by atoms with Crippen molar-refractivity contribution in [2.24, 2.45) is 5.92 Å². The van der Waals surface area contributed by atoms with Gasteiger partial charge in [-0.2, -0.15) is 5.10 Å². The Morgan fingerprint density at radius 1 is 1.35 bits per heavy atom. The van der Waals surface area contributed by atoms with Gasteiger partial charge in [-0.3, -0.25) is 5.32 Å². The maximum absolute atomic E-state index is 12.4. The number of hydrogen-bond donors (Lipinski definition) is 1. The van der Waals surface area contributed by atoms with Crippen molar-refractivity contribution >= 4 is 11.8 Å². The lowest BCUT2D eigenvalue weighted by molar-refractivity contribution is 0.216. The van der Waals surface area contributed by atoms with E-state index in [4.69, 9.17) is 4.74 Å². The molecule has 3 rings (SSSR count). The van der Waals surface area contributed by atoms with E-state index in [0.717, 1.165) is 30.1 Å². The minimum Gasteiger partial charge on any atom is -0.493 e. The van der Waals surface area contributed by atoms with Crippen LogP contribution < -0.4 is 10.1 Å². The lowest BCUT2D eigenvalue weighted by Crippen LogP contribution is -2.33. The zero-order chi connectivity index (χ0) is 18.5. The molecule has 1 aromatic heterocycles. The average molecular weight is 356 g/mol. The highest BCUT2D eigenvalue weighted by molar-refractivity contribution is 5.88. The first-order chi connectivity index (χ1) is 12.5. The number of carbonyl (C=O) groups excluding carboxylic acids is 1. The second-order valence-electron chi connectivity index (χ2n) is 7.16. The van der Waals surface area contributed by atoms with Gasteiger partial charge in [0.05, 0.1) is 12.8 Å². The normalized spacial score (nSPS) is 13.5. The molecule has 1 fully saturated rings. The zero-order valence-electron chi connectivity index (χ0n) is 15.9. The summed E-state index contributed by atoms with van der Waals surface area (Å²) in [6, 6.07) is 7.92. The molecule has 0 atom stereocenters. The van der Waals surface area contributed by atoms with Crippen molar-refractivity contribution in [3.63, 3.8) is 0 Å². The molecule has 0 spiro atoms. The third-order valence-corrected chi connectivity index (χ3v) is 4.67. The Morgan fingerprint density at radius 3 is 2.92 bits per heavy atom. The van der Waals surface area contributed by atoms with Crippen molar-refractivity contribution in [2.75, 3.05) is 25.5 Å². The standard InChI is InChI=1S/C20H28N4O2/c1-15-5-6-16(2)18(13-15)26-12-4-11-23(3)20(25)22-19-9-10-21-24(19)14-17-7-8-17/h5-6,9-10,13,17H,4,7-8,11-12,14H2,1-3H3,(H,22,25). The van der Waals surface area contributed by atoms with E-state index in [1.165, 1.54) is 18.4 Å². The number of urea groups is 1.